The molecular weight excluding hydrogens is 284 g/mol. The number of hydrogen-bond acceptors (Lipinski definition) is 1. The third kappa shape index (κ3) is 3.16. The molecule has 1 heterocycles. The van der Waals surface area contributed by atoms with Gasteiger partial charge in [-0.3, -0.25) is 4.79 Å². The second-order valence-corrected chi connectivity index (χ2v) is 7.59. The Labute approximate surface area is 139 Å². The van der Waals surface area contributed by atoms with Crippen LogP contribution in [-0.2, 0) is 30.5 Å². The van der Waals surface area contributed by atoms with Gasteiger partial charge in [0, 0.05) is 5.69 Å². The molecule has 1 aromatic carbocycles. The lowest BCUT2D eigenvalue weighted by Gasteiger charge is -2.23. The molecule has 1 aromatic rings. The molecule has 1 amide bonds. The molecule has 1 fully saturated rings. The van der Waals surface area contributed by atoms with Crippen molar-refractivity contribution in [3.8, 4) is 0 Å². The number of aryl methyl sites for hydroxylation is 2. The lowest BCUT2D eigenvalue weighted by atomic mass is 9.98. The summed E-state index contributed by atoms with van der Waals surface area (Å²) in [5.41, 5.74) is 7.12. The molecule has 4 rings (SSSR count). The van der Waals surface area contributed by atoms with Crippen molar-refractivity contribution in [1.29, 1.82) is 0 Å². The van der Waals surface area contributed by atoms with Crippen molar-refractivity contribution in [3.63, 3.8) is 0 Å². The molecule has 0 unspecified atom stereocenters. The van der Waals surface area contributed by atoms with E-state index in [0.717, 1.165) is 19.4 Å². The minimum Gasteiger partial charge on any atom is -0.335 e. The van der Waals surface area contributed by atoms with Gasteiger partial charge in [-0.05, 0) is 80.0 Å². The first kappa shape index (κ1) is 15.2. The second kappa shape index (κ2) is 6.64. The maximum Gasteiger partial charge on any atom is 0.230 e. The number of hydrogen-bond donors (Lipinski definition) is 2. The van der Waals surface area contributed by atoms with Gasteiger partial charge >= 0.3 is 0 Å². The number of rotatable bonds is 4. The summed E-state index contributed by atoms with van der Waals surface area (Å²) in [4.78, 5) is 14.2. The van der Waals surface area contributed by atoms with Gasteiger partial charge in [-0.2, -0.15) is 0 Å². The summed E-state index contributed by atoms with van der Waals surface area (Å²) in [5.74, 6) is 0.234. The normalized spacial score (nSPS) is 20.3. The predicted octanol–water partition coefficient (Wildman–Crippen LogP) is 2.06. The fraction of sp³-hybridized carbons (Fsp3) is 0.650. The van der Waals surface area contributed by atoms with Gasteiger partial charge in [-0.15, -0.1) is 0 Å². The Balaban J connectivity index is 1.45. The molecule has 0 bridgehead atoms. The Morgan fingerprint density at radius 3 is 2.22 bits per heavy atom. The van der Waals surface area contributed by atoms with Crippen LogP contribution in [0, 0.1) is 0 Å². The van der Waals surface area contributed by atoms with E-state index in [9.17, 15) is 4.79 Å². The van der Waals surface area contributed by atoms with Crippen LogP contribution >= 0.6 is 0 Å². The van der Waals surface area contributed by atoms with E-state index in [-0.39, 0.29) is 5.91 Å². The van der Waals surface area contributed by atoms with Crippen LogP contribution < -0.4 is 10.2 Å². The average Bonchev–Trinajstić information content (AvgIpc) is 3.22. The van der Waals surface area contributed by atoms with Crippen LogP contribution in [0.3, 0.4) is 0 Å². The molecular formula is C20H29N2O+. The third-order valence-corrected chi connectivity index (χ3v) is 6.00. The van der Waals surface area contributed by atoms with Crippen molar-refractivity contribution in [2.75, 3.05) is 25.0 Å². The SMILES string of the molecule is O=C(CC[NH+]1CCCCC1)Nc1c2c(cc3c1CCC3)CCC2. The van der Waals surface area contributed by atoms with Crippen LogP contribution in [0.25, 0.3) is 0 Å². The first-order valence-corrected chi connectivity index (χ1v) is 9.61. The summed E-state index contributed by atoms with van der Waals surface area (Å²) in [5, 5.41) is 3.33. The van der Waals surface area contributed by atoms with E-state index in [0.29, 0.717) is 6.42 Å². The minimum absolute atomic E-state index is 0.234. The minimum atomic E-state index is 0.234. The van der Waals surface area contributed by atoms with Crippen molar-refractivity contribution < 1.29 is 9.69 Å². The Morgan fingerprint density at radius 2 is 1.57 bits per heavy atom. The first-order valence-electron chi connectivity index (χ1n) is 9.61. The van der Waals surface area contributed by atoms with Crippen LogP contribution in [0.1, 0.15) is 60.8 Å². The predicted molar refractivity (Wildman–Crippen MR) is 93.2 cm³/mol. The van der Waals surface area contributed by atoms with Gasteiger partial charge in [0.25, 0.3) is 0 Å². The Bertz CT molecular complexity index is 570. The van der Waals surface area contributed by atoms with Gasteiger partial charge in [0.05, 0.1) is 26.1 Å². The molecule has 3 heteroatoms. The standard InChI is InChI=1S/C20H28N2O/c23-19(10-13-22-11-2-1-3-12-22)21-20-17-8-4-6-15(17)14-16-7-5-9-18(16)20/h14H,1-13H2,(H,21,23)/p+1. The van der Waals surface area contributed by atoms with Crippen molar-refractivity contribution in [3.05, 3.63) is 28.3 Å². The summed E-state index contributed by atoms with van der Waals surface area (Å²) in [7, 11) is 0. The molecule has 1 saturated heterocycles. The van der Waals surface area contributed by atoms with Crippen LogP contribution in [0.4, 0.5) is 5.69 Å². The van der Waals surface area contributed by atoms with E-state index in [2.05, 4.69) is 11.4 Å². The van der Waals surface area contributed by atoms with Crippen LogP contribution in [-0.4, -0.2) is 25.5 Å². The van der Waals surface area contributed by atoms with Crippen LogP contribution in [0.15, 0.2) is 6.07 Å². The summed E-state index contributed by atoms with van der Waals surface area (Å²) >= 11 is 0. The molecule has 0 aromatic heterocycles. The fourth-order valence-corrected chi connectivity index (χ4v) is 4.76. The summed E-state index contributed by atoms with van der Waals surface area (Å²) in [6, 6.07) is 2.43. The lowest BCUT2D eigenvalue weighted by molar-refractivity contribution is -0.904. The van der Waals surface area contributed by atoms with Crippen molar-refractivity contribution in [2.45, 2.75) is 64.2 Å². The molecule has 1 aliphatic heterocycles. The second-order valence-electron chi connectivity index (χ2n) is 7.59. The number of carbonyl (C=O) groups is 1. The molecule has 0 atom stereocenters. The Morgan fingerprint density at radius 1 is 0.913 bits per heavy atom. The topological polar surface area (TPSA) is 33.5 Å². The summed E-state index contributed by atoms with van der Waals surface area (Å²) in [6.07, 6.45) is 11.9. The number of quaternary nitrogens is 1. The number of nitrogens with one attached hydrogen (secondary N) is 2. The maximum atomic E-state index is 12.5. The van der Waals surface area contributed by atoms with Gasteiger partial charge in [0.1, 0.15) is 0 Å². The monoisotopic (exact) mass is 313 g/mol. The van der Waals surface area contributed by atoms with Crippen LogP contribution in [0.2, 0.25) is 0 Å². The number of fused-ring (bicyclic) bond motifs is 2. The van der Waals surface area contributed by atoms with Gasteiger partial charge < -0.3 is 10.2 Å². The highest BCUT2D eigenvalue weighted by Gasteiger charge is 2.25. The van der Waals surface area contributed by atoms with Crippen molar-refractivity contribution in [2.24, 2.45) is 0 Å². The molecule has 0 spiro atoms. The van der Waals surface area contributed by atoms with E-state index in [1.807, 2.05) is 0 Å². The van der Waals surface area contributed by atoms with E-state index in [1.165, 1.54) is 86.0 Å². The van der Waals surface area contributed by atoms with Gasteiger partial charge in [-0.1, -0.05) is 6.07 Å². The zero-order valence-corrected chi connectivity index (χ0v) is 14.2. The van der Waals surface area contributed by atoms with Crippen molar-refractivity contribution in [1.82, 2.24) is 0 Å². The highest BCUT2D eigenvalue weighted by molar-refractivity contribution is 5.93. The summed E-state index contributed by atoms with van der Waals surface area (Å²) in [6.45, 7) is 3.51. The first-order chi connectivity index (χ1) is 11.3. The van der Waals surface area contributed by atoms with Gasteiger partial charge in [-0.25, -0.2) is 0 Å². The molecule has 124 valence electrons. The quantitative estimate of drug-likeness (QED) is 0.876. The molecule has 0 radical (unpaired) electrons. The van der Waals surface area contributed by atoms with Gasteiger partial charge in [0.15, 0.2) is 0 Å². The number of likely N-dealkylation sites (tertiary alicyclic amines) is 1. The highest BCUT2D eigenvalue weighted by atomic mass is 16.1. The lowest BCUT2D eigenvalue weighted by Crippen LogP contribution is -3.12. The zero-order valence-electron chi connectivity index (χ0n) is 14.2. The van der Waals surface area contributed by atoms with E-state index in [1.54, 1.807) is 4.90 Å². The number of benzene rings is 1. The third-order valence-electron chi connectivity index (χ3n) is 6.00. The van der Waals surface area contributed by atoms with Crippen molar-refractivity contribution >= 4 is 11.6 Å². The van der Waals surface area contributed by atoms with E-state index in [4.69, 9.17) is 0 Å². The van der Waals surface area contributed by atoms with Gasteiger partial charge in [0.2, 0.25) is 5.91 Å². The molecule has 23 heavy (non-hydrogen) atoms. The number of amides is 1. The number of piperidine rings is 1. The molecule has 3 aliphatic rings. The number of anilines is 1. The Hall–Kier alpha value is -1.35. The highest BCUT2D eigenvalue weighted by Crippen LogP contribution is 2.38. The largest absolute Gasteiger partial charge is 0.335 e. The van der Waals surface area contributed by atoms with E-state index >= 15 is 0 Å². The molecule has 0 saturated carbocycles. The molecule has 3 nitrogen and oxygen atoms in total. The van der Waals surface area contributed by atoms with E-state index < -0.39 is 0 Å². The van der Waals surface area contributed by atoms with Crippen LogP contribution in [0.5, 0.6) is 0 Å². The molecule has 2 N–H and O–H groups in total. The number of carbonyl (C=O) groups excluding carboxylic acids is 1. The maximum absolute atomic E-state index is 12.5. The zero-order chi connectivity index (χ0) is 15.6. The smallest absolute Gasteiger partial charge is 0.230 e. The average molecular weight is 313 g/mol. The fourth-order valence-electron chi connectivity index (χ4n) is 4.76. The summed E-state index contributed by atoms with van der Waals surface area (Å²) < 4.78 is 0. The molecule has 2 aliphatic carbocycles. The Kier molecular flexibility index (Phi) is 4.39.